The number of fused-ring (bicyclic) bond motifs is 1. The molecule has 0 spiro atoms. The molecule has 0 bridgehead atoms. The van der Waals surface area contributed by atoms with Crippen molar-refractivity contribution in [1.82, 2.24) is 0 Å². The lowest BCUT2D eigenvalue weighted by atomic mass is 9.50. The van der Waals surface area contributed by atoms with Crippen LogP contribution in [0, 0.1) is 23.2 Å². The monoisotopic (exact) mass is 264 g/mol. The minimum absolute atomic E-state index is 0.0253. The summed E-state index contributed by atoms with van der Waals surface area (Å²) < 4.78 is 0. The zero-order chi connectivity index (χ0) is 14.4. The number of Topliss-reactive ketones (excluding diaryl/α,β-unsaturated/α-hetero) is 2. The minimum Gasteiger partial charge on any atom is -0.389 e. The van der Waals surface area contributed by atoms with Gasteiger partial charge in [0.05, 0.1) is 6.10 Å². The summed E-state index contributed by atoms with van der Waals surface area (Å²) in [5.74, 6) is -0.199. The summed E-state index contributed by atoms with van der Waals surface area (Å²) in [4.78, 5) is 24.1. The minimum atomic E-state index is -0.572. The smallest absolute Gasteiger partial charge is 0.134 e. The number of hydrogen-bond donors (Lipinski definition) is 1. The predicted molar refractivity (Wildman–Crippen MR) is 73.6 cm³/mol. The first kappa shape index (κ1) is 14.4. The highest BCUT2D eigenvalue weighted by Crippen LogP contribution is 2.56. The molecule has 0 saturated heterocycles. The number of aliphatic hydroxyl groups excluding tert-OH is 1. The third-order valence-corrected chi connectivity index (χ3v) is 5.45. The van der Waals surface area contributed by atoms with Crippen molar-refractivity contribution in [3.8, 4) is 0 Å². The number of ketones is 2. The van der Waals surface area contributed by atoms with Crippen molar-refractivity contribution in [2.24, 2.45) is 23.2 Å². The zero-order valence-corrected chi connectivity index (χ0v) is 12.3. The largest absolute Gasteiger partial charge is 0.389 e. The molecule has 5 unspecified atom stereocenters. The molecule has 1 fully saturated rings. The first-order chi connectivity index (χ1) is 8.80. The SMILES string of the molecule is CC(=O)C1CC(O)C2=CCCC(C)C2(C)C1C(C)=O. The first-order valence-corrected chi connectivity index (χ1v) is 7.19. The van der Waals surface area contributed by atoms with Gasteiger partial charge in [-0.1, -0.05) is 19.9 Å². The molecular formula is C16H24O3. The standard InChI is InChI=1S/C16H24O3/c1-9-6-5-7-13-14(19)8-12(10(2)17)15(11(3)18)16(9,13)4/h7,9,12,14-15,19H,5-6,8H2,1-4H3. The van der Waals surface area contributed by atoms with Crippen LogP contribution in [0.4, 0.5) is 0 Å². The highest BCUT2D eigenvalue weighted by Gasteiger charge is 2.55. The van der Waals surface area contributed by atoms with Crippen molar-refractivity contribution in [1.29, 1.82) is 0 Å². The lowest BCUT2D eigenvalue weighted by Gasteiger charge is -2.53. The number of hydrogen-bond acceptors (Lipinski definition) is 3. The number of rotatable bonds is 2. The summed E-state index contributed by atoms with van der Waals surface area (Å²) in [6.07, 6.45) is 3.89. The van der Waals surface area contributed by atoms with Crippen LogP contribution < -0.4 is 0 Å². The second-order valence-electron chi connectivity index (χ2n) is 6.48. The molecule has 2 rings (SSSR count). The van der Waals surface area contributed by atoms with Crippen LogP contribution in [0.15, 0.2) is 11.6 Å². The second-order valence-corrected chi connectivity index (χ2v) is 6.48. The Morgan fingerprint density at radius 1 is 1.32 bits per heavy atom. The number of aliphatic hydroxyl groups is 1. The summed E-state index contributed by atoms with van der Waals surface area (Å²) in [6, 6.07) is 0. The molecule has 1 N–H and O–H groups in total. The highest BCUT2D eigenvalue weighted by atomic mass is 16.3. The van der Waals surface area contributed by atoms with Crippen LogP contribution in [0.25, 0.3) is 0 Å². The van der Waals surface area contributed by atoms with Crippen LogP contribution in [0.5, 0.6) is 0 Å². The van der Waals surface area contributed by atoms with Gasteiger partial charge >= 0.3 is 0 Å². The molecule has 19 heavy (non-hydrogen) atoms. The molecule has 0 aromatic rings. The van der Waals surface area contributed by atoms with Crippen molar-refractivity contribution >= 4 is 11.6 Å². The molecule has 2 aliphatic rings. The summed E-state index contributed by atoms with van der Waals surface area (Å²) in [5.41, 5.74) is 0.627. The molecule has 0 radical (unpaired) electrons. The van der Waals surface area contributed by atoms with Crippen LogP contribution in [0.1, 0.15) is 47.0 Å². The fraction of sp³-hybridized carbons (Fsp3) is 0.750. The maximum atomic E-state index is 12.2. The van der Waals surface area contributed by atoms with Gasteiger partial charge in [0.15, 0.2) is 0 Å². The fourth-order valence-corrected chi connectivity index (χ4v) is 4.30. The third kappa shape index (κ3) is 2.08. The van der Waals surface area contributed by atoms with E-state index in [1.54, 1.807) is 13.8 Å². The van der Waals surface area contributed by atoms with E-state index in [0.29, 0.717) is 12.3 Å². The maximum Gasteiger partial charge on any atom is 0.134 e. The Balaban J connectivity index is 2.55. The van der Waals surface area contributed by atoms with E-state index in [0.717, 1.165) is 18.4 Å². The Morgan fingerprint density at radius 2 is 1.95 bits per heavy atom. The van der Waals surface area contributed by atoms with E-state index < -0.39 is 6.10 Å². The van der Waals surface area contributed by atoms with Gasteiger partial charge in [0.2, 0.25) is 0 Å². The number of carbonyl (C=O) groups is 2. The molecular weight excluding hydrogens is 240 g/mol. The second kappa shape index (κ2) is 4.86. The van der Waals surface area contributed by atoms with Crippen LogP contribution in [0.2, 0.25) is 0 Å². The van der Waals surface area contributed by atoms with E-state index in [-0.39, 0.29) is 28.8 Å². The van der Waals surface area contributed by atoms with Crippen molar-refractivity contribution in [3.63, 3.8) is 0 Å². The maximum absolute atomic E-state index is 12.2. The van der Waals surface area contributed by atoms with Gasteiger partial charge in [-0.15, -0.1) is 0 Å². The molecule has 0 amide bonds. The number of allylic oxidation sites excluding steroid dienone is 1. The van der Waals surface area contributed by atoms with Gasteiger partial charge in [-0.05, 0) is 44.6 Å². The van der Waals surface area contributed by atoms with E-state index in [1.165, 1.54) is 0 Å². The predicted octanol–water partition coefficient (Wildman–Crippen LogP) is 2.52. The zero-order valence-electron chi connectivity index (χ0n) is 12.3. The van der Waals surface area contributed by atoms with Gasteiger partial charge in [-0.2, -0.15) is 0 Å². The Morgan fingerprint density at radius 3 is 2.47 bits per heavy atom. The molecule has 5 atom stereocenters. The summed E-state index contributed by atoms with van der Waals surface area (Å²) in [7, 11) is 0. The Bertz CT molecular complexity index is 437. The van der Waals surface area contributed by atoms with Crippen molar-refractivity contribution in [2.45, 2.75) is 53.1 Å². The third-order valence-electron chi connectivity index (χ3n) is 5.45. The van der Waals surface area contributed by atoms with Crippen molar-refractivity contribution in [3.05, 3.63) is 11.6 Å². The van der Waals surface area contributed by atoms with Crippen LogP contribution in [-0.2, 0) is 9.59 Å². The highest BCUT2D eigenvalue weighted by molar-refractivity contribution is 5.89. The normalized spacial score (nSPS) is 42.3. The van der Waals surface area contributed by atoms with E-state index in [2.05, 4.69) is 19.9 Å². The molecule has 0 aromatic heterocycles. The Hall–Kier alpha value is -0.960. The molecule has 1 saturated carbocycles. The molecule has 2 aliphatic carbocycles. The van der Waals surface area contributed by atoms with Crippen LogP contribution in [0.3, 0.4) is 0 Å². The van der Waals surface area contributed by atoms with Crippen molar-refractivity contribution < 1.29 is 14.7 Å². The molecule has 3 heteroatoms. The average molecular weight is 264 g/mol. The van der Waals surface area contributed by atoms with Gasteiger partial charge in [0, 0.05) is 17.3 Å². The average Bonchev–Trinajstić information content (AvgIpc) is 2.30. The fourth-order valence-electron chi connectivity index (χ4n) is 4.30. The summed E-state index contributed by atoms with van der Waals surface area (Å²) in [5, 5.41) is 10.4. The van der Waals surface area contributed by atoms with Gasteiger partial charge in [-0.25, -0.2) is 0 Å². The van der Waals surface area contributed by atoms with Crippen LogP contribution in [-0.4, -0.2) is 22.8 Å². The van der Waals surface area contributed by atoms with Gasteiger partial charge < -0.3 is 5.11 Å². The van der Waals surface area contributed by atoms with E-state index in [9.17, 15) is 14.7 Å². The topological polar surface area (TPSA) is 54.4 Å². The van der Waals surface area contributed by atoms with Crippen molar-refractivity contribution in [2.75, 3.05) is 0 Å². The lowest BCUT2D eigenvalue weighted by molar-refractivity contribution is -0.140. The Kier molecular flexibility index (Phi) is 3.69. The molecule has 3 nitrogen and oxygen atoms in total. The first-order valence-electron chi connectivity index (χ1n) is 7.19. The molecule has 106 valence electrons. The molecule has 0 heterocycles. The Labute approximate surface area is 115 Å². The van der Waals surface area contributed by atoms with Gasteiger partial charge in [0.1, 0.15) is 11.6 Å². The van der Waals surface area contributed by atoms with E-state index in [1.807, 2.05) is 0 Å². The summed E-state index contributed by atoms with van der Waals surface area (Å²) in [6.45, 7) is 7.33. The quantitative estimate of drug-likeness (QED) is 0.780. The van der Waals surface area contributed by atoms with Gasteiger partial charge in [0.25, 0.3) is 0 Å². The van der Waals surface area contributed by atoms with Crippen LogP contribution >= 0.6 is 0 Å². The molecule has 0 aliphatic heterocycles. The van der Waals surface area contributed by atoms with E-state index in [4.69, 9.17) is 0 Å². The number of carbonyl (C=O) groups excluding carboxylic acids is 2. The lowest BCUT2D eigenvalue weighted by Crippen LogP contribution is -2.53. The van der Waals surface area contributed by atoms with Gasteiger partial charge in [-0.3, -0.25) is 9.59 Å². The summed E-state index contributed by atoms with van der Waals surface area (Å²) >= 11 is 0. The van der Waals surface area contributed by atoms with E-state index >= 15 is 0 Å². The molecule has 0 aromatic carbocycles.